The number of anilines is 1. The molecule has 1 fully saturated rings. The molecule has 0 aliphatic carbocycles. The van der Waals surface area contributed by atoms with E-state index in [4.69, 9.17) is 4.42 Å². The van der Waals surface area contributed by atoms with E-state index in [0.717, 1.165) is 18.7 Å². The lowest BCUT2D eigenvalue weighted by Crippen LogP contribution is -2.36. The van der Waals surface area contributed by atoms with Crippen LogP contribution in [-0.2, 0) is 0 Å². The predicted octanol–water partition coefficient (Wildman–Crippen LogP) is 4.08. The second-order valence-electron chi connectivity index (χ2n) is 5.52. The molecule has 1 aromatic carbocycles. The molecule has 1 atom stereocenters. The van der Waals surface area contributed by atoms with Gasteiger partial charge in [0.05, 0.1) is 12.3 Å². The number of fused-ring (bicyclic) bond motifs is 1. The summed E-state index contributed by atoms with van der Waals surface area (Å²) in [5.41, 5.74) is 2.27. The Balaban J connectivity index is 1.61. The summed E-state index contributed by atoms with van der Waals surface area (Å²) in [7, 11) is 0. The van der Waals surface area contributed by atoms with Crippen molar-refractivity contribution < 1.29 is 4.42 Å². The SMILES string of the molecule is c1ccn(C2CCCN(c3ccc4occc4c3)C2)c1. The van der Waals surface area contributed by atoms with E-state index >= 15 is 0 Å². The van der Waals surface area contributed by atoms with Crippen molar-refractivity contribution in [3.63, 3.8) is 0 Å². The standard InChI is InChI=1S/C17H18N2O/c1-2-9-18(8-1)16-4-3-10-19(13-16)15-5-6-17-14(12-15)7-11-20-17/h1-2,5-9,11-12,16H,3-4,10,13H2. The molecule has 0 bridgehead atoms. The van der Waals surface area contributed by atoms with Crippen molar-refractivity contribution in [1.82, 2.24) is 4.57 Å². The topological polar surface area (TPSA) is 21.3 Å². The Morgan fingerprint density at radius 2 is 2.00 bits per heavy atom. The second-order valence-corrected chi connectivity index (χ2v) is 5.52. The Kier molecular flexibility index (Phi) is 2.76. The normalized spacial score (nSPS) is 19.6. The highest BCUT2D eigenvalue weighted by Gasteiger charge is 2.21. The summed E-state index contributed by atoms with van der Waals surface area (Å²) in [4.78, 5) is 2.49. The zero-order chi connectivity index (χ0) is 13.4. The monoisotopic (exact) mass is 266 g/mol. The highest BCUT2D eigenvalue weighted by atomic mass is 16.3. The zero-order valence-corrected chi connectivity index (χ0v) is 11.4. The van der Waals surface area contributed by atoms with Gasteiger partial charge in [-0.2, -0.15) is 0 Å². The Morgan fingerprint density at radius 1 is 1.10 bits per heavy atom. The highest BCUT2D eigenvalue weighted by Crippen LogP contribution is 2.28. The molecule has 20 heavy (non-hydrogen) atoms. The van der Waals surface area contributed by atoms with E-state index in [1.165, 1.54) is 23.9 Å². The third-order valence-corrected chi connectivity index (χ3v) is 4.25. The van der Waals surface area contributed by atoms with Gasteiger partial charge in [-0.3, -0.25) is 0 Å². The Labute approximate surface area is 118 Å². The molecule has 0 saturated carbocycles. The molecular formula is C17H18N2O. The van der Waals surface area contributed by atoms with Crippen LogP contribution in [0, 0.1) is 0 Å². The summed E-state index contributed by atoms with van der Waals surface area (Å²) in [5, 5.41) is 1.19. The molecule has 4 rings (SSSR count). The number of nitrogens with zero attached hydrogens (tertiary/aromatic N) is 2. The minimum atomic E-state index is 0.582. The Hall–Kier alpha value is -2.16. The maximum Gasteiger partial charge on any atom is 0.133 e. The molecular weight excluding hydrogens is 248 g/mol. The minimum Gasteiger partial charge on any atom is -0.464 e. The van der Waals surface area contributed by atoms with E-state index in [2.05, 4.69) is 52.2 Å². The van der Waals surface area contributed by atoms with E-state index in [9.17, 15) is 0 Å². The number of aromatic nitrogens is 1. The van der Waals surface area contributed by atoms with E-state index in [1.54, 1.807) is 6.26 Å². The van der Waals surface area contributed by atoms with Crippen molar-refractivity contribution in [2.75, 3.05) is 18.0 Å². The molecule has 0 amide bonds. The van der Waals surface area contributed by atoms with Crippen molar-refractivity contribution in [3.8, 4) is 0 Å². The minimum absolute atomic E-state index is 0.582. The van der Waals surface area contributed by atoms with Gasteiger partial charge in [-0.25, -0.2) is 0 Å². The van der Waals surface area contributed by atoms with Gasteiger partial charge in [-0.15, -0.1) is 0 Å². The summed E-state index contributed by atoms with van der Waals surface area (Å²) < 4.78 is 7.75. The molecule has 1 aliphatic rings. The molecule has 3 nitrogen and oxygen atoms in total. The molecule has 0 N–H and O–H groups in total. The highest BCUT2D eigenvalue weighted by molar-refractivity contribution is 5.81. The second kappa shape index (κ2) is 4.75. The first kappa shape index (κ1) is 11.6. The molecule has 102 valence electrons. The van der Waals surface area contributed by atoms with Crippen molar-refractivity contribution in [2.45, 2.75) is 18.9 Å². The molecule has 1 aliphatic heterocycles. The van der Waals surface area contributed by atoms with Crippen molar-refractivity contribution >= 4 is 16.7 Å². The molecule has 3 heteroatoms. The van der Waals surface area contributed by atoms with Gasteiger partial charge in [0.25, 0.3) is 0 Å². The van der Waals surface area contributed by atoms with Crippen LogP contribution >= 0.6 is 0 Å². The van der Waals surface area contributed by atoms with E-state index in [0.29, 0.717) is 6.04 Å². The Bertz CT molecular complexity index is 699. The number of rotatable bonds is 2. The lowest BCUT2D eigenvalue weighted by atomic mass is 10.0. The van der Waals surface area contributed by atoms with Crippen LogP contribution in [0.1, 0.15) is 18.9 Å². The average molecular weight is 266 g/mol. The smallest absolute Gasteiger partial charge is 0.133 e. The van der Waals surface area contributed by atoms with Crippen LogP contribution in [0.3, 0.4) is 0 Å². The van der Waals surface area contributed by atoms with Gasteiger partial charge < -0.3 is 13.9 Å². The van der Waals surface area contributed by atoms with Crippen LogP contribution in [0.25, 0.3) is 11.0 Å². The van der Waals surface area contributed by atoms with Gasteiger partial charge >= 0.3 is 0 Å². The van der Waals surface area contributed by atoms with Crippen LogP contribution in [0.2, 0.25) is 0 Å². The van der Waals surface area contributed by atoms with Gasteiger partial charge in [-0.1, -0.05) is 0 Å². The largest absolute Gasteiger partial charge is 0.464 e. The number of benzene rings is 1. The third-order valence-electron chi connectivity index (χ3n) is 4.25. The molecule has 0 radical (unpaired) electrons. The molecule has 0 spiro atoms. The lowest BCUT2D eigenvalue weighted by Gasteiger charge is -2.35. The number of hydrogen-bond acceptors (Lipinski definition) is 2. The van der Waals surface area contributed by atoms with Gasteiger partial charge in [0.1, 0.15) is 5.58 Å². The van der Waals surface area contributed by atoms with Crippen LogP contribution in [0.4, 0.5) is 5.69 Å². The van der Waals surface area contributed by atoms with Crippen molar-refractivity contribution in [3.05, 3.63) is 55.1 Å². The molecule has 3 aromatic rings. The average Bonchev–Trinajstić information content (AvgIpc) is 3.18. The third kappa shape index (κ3) is 1.99. The first-order valence-electron chi connectivity index (χ1n) is 7.25. The summed E-state index contributed by atoms with van der Waals surface area (Å²) in [6.07, 6.45) is 8.61. The molecule has 1 saturated heterocycles. The van der Waals surface area contributed by atoms with Gasteiger partial charge in [0.2, 0.25) is 0 Å². The zero-order valence-electron chi connectivity index (χ0n) is 11.4. The summed E-state index contributed by atoms with van der Waals surface area (Å²) in [5.74, 6) is 0. The molecule has 1 unspecified atom stereocenters. The van der Waals surface area contributed by atoms with Crippen LogP contribution in [-0.4, -0.2) is 17.7 Å². The maximum absolute atomic E-state index is 5.42. The van der Waals surface area contributed by atoms with Gasteiger partial charge in [0, 0.05) is 36.6 Å². The van der Waals surface area contributed by atoms with Crippen LogP contribution in [0.15, 0.2) is 59.5 Å². The summed E-state index contributed by atoms with van der Waals surface area (Å²) in [6, 6.07) is 13.3. The van der Waals surface area contributed by atoms with Crippen molar-refractivity contribution in [1.29, 1.82) is 0 Å². The summed E-state index contributed by atoms with van der Waals surface area (Å²) >= 11 is 0. The van der Waals surface area contributed by atoms with Crippen LogP contribution < -0.4 is 4.90 Å². The predicted molar refractivity (Wildman–Crippen MR) is 81.1 cm³/mol. The first-order valence-corrected chi connectivity index (χ1v) is 7.25. The fourth-order valence-electron chi connectivity index (χ4n) is 3.17. The fraction of sp³-hybridized carbons (Fsp3) is 0.294. The van der Waals surface area contributed by atoms with Gasteiger partial charge in [-0.05, 0) is 49.2 Å². The first-order chi connectivity index (χ1) is 9.90. The molecule has 2 aromatic heterocycles. The van der Waals surface area contributed by atoms with E-state index in [1.807, 2.05) is 6.07 Å². The van der Waals surface area contributed by atoms with Crippen LogP contribution in [0.5, 0.6) is 0 Å². The number of piperidine rings is 1. The summed E-state index contributed by atoms with van der Waals surface area (Å²) in [6.45, 7) is 2.22. The number of hydrogen-bond donors (Lipinski definition) is 0. The van der Waals surface area contributed by atoms with Crippen molar-refractivity contribution in [2.24, 2.45) is 0 Å². The fourth-order valence-corrected chi connectivity index (χ4v) is 3.17. The van der Waals surface area contributed by atoms with E-state index < -0.39 is 0 Å². The molecule has 3 heterocycles. The maximum atomic E-state index is 5.42. The Morgan fingerprint density at radius 3 is 2.90 bits per heavy atom. The van der Waals surface area contributed by atoms with E-state index in [-0.39, 0.29) is 0 Å². The number of furan rings is 1. The lowest BCUT2D eigenvalue weighted by molar-refractivity contribution is 0.406. The van der Waals surface area contributed by atoms with Gasteiger partial charge in [0.15, 0.2) is 0 Å². The quantitative estimate of drug-likeness (QED) is 0.697.